The number of amides is 2. The van der Waals surface area contributed by atoms with Gasteiger partial charge in [0.2, 0.25) is 0 Å². The Bertz CT molecular complexity index is 463. The van der Waals surface area contributed by atoms with E-state index in [1.54, 1.807) is 31.2 Å². The molecule has 0 aromatic heterocycles. The van der Waals surface area contributed by atoms with Crippen LogP contribution in [0.3, 0.4) is 0 Å². The number of carbonyl (C=O) groups is 2. The highest BCUT2D eigenvalue weighted by atomic mass is 16.5. The molecule has 0 aliphatic heterocycles. The molecule has 21 heavy (non-hydrogen) atoms. The van der Waals surface area contributed by atoms with Crippen LogP contribution in [0.15, 0.2) is 24.3 Å². The lowest BCUT2D eigenvalue weighted by Gasteiger charge is -2.08. The molecule has 116 valence electrons. The lowest BCUT2D eigenvalue weighted by atomic mass is 10.2. The Hall–Kier alpha value is -2.08. The maximum absolute atomic E-state index is 11.9. The molecule has 1 aromatic carbocycles. The fourth-order valence-corrected chi connectivity index (χ4v) is 1.65. The highest BCUT2D eigenvalue weighted by Crippen LogP contribution is 2.11. The molecule has 0 heterocycles. The molecule has 0 radical (unpaired) electrons. The number of hydrogen-bond acceptors (Lipinski definition) is 4. The molecular weight excluding hydrogens is 272 g/mol. The van der Waals surface area contributed by atoms with Crippen LogP contribution in [0.25, 0.3) is 0 Å². The summed E-state index contributed by atoms with van der Waals surface area (Å²) in [5.41, 5.74) is 1.01. The smallest absolute Gasteiger partial charge is 0.411 e. The Morgan fingerprint density at radius 2 is 2.00 bits per heavy atom. The van der Waals surface area contributed by atoms with Crippen molar-refractivity contribution in [3.63, 3.8) is 0 Å². The normalized spacial score (nSPS) is 10.0. The van der Waals surface area contributed by atoms with Crippen LogP contribution >= 0.6 is 0 Å². The molecule has 6 nitrogen and oxygen atoms in total. The quantitative estimate of drug-likeness (QED) is 0.722. The van der Waals surface area contributed by atoms with E-state index >= 15 is 0 Å². The van der Waals surface area contributed by atoms with Crippen LogP contribution in [0, 0.1) is 0 Å². The molecule has 0 spiro atoms. The molecule has 0 saturated heterocycles. The zero-order valence-electron chi connectivity index (χ0n) is 12.5. The predicted octanol–water partition coefficient (Wildman–Crippen LogP) is 2.41. The van der Waals surface area contributed by atoms with Gasteiger partial charge < -0.3 is 14.8 Å². The largest absolute Gasteiger partial charge is 0.450 e. The van der Waals surface area contributed by atoms with E-state index in [4.69, 9.17) is 9.47 Å². The van der Waals surface area contributed by atoms with Crippen molar-refractivity contribution in [3.8, 4) is 0 Å². The number of ether oxygens (including phenoxy) is 2. The van der Waals surface area contributed by atoms with Crippen molar-refractivity contribution in [2.45, 2.75) is 20.3 Å². The number of hydrogen-bond donors (Lipinski definition) is 2. The number of rotatable bonds is 8. The van der Waals surface area contributed by atoms with Crippen LogP contribution in [0.2, 0.25) is 0 Å². The third kappa shape index (κ3) is 6.76. The first-order valence-electron chi connectivity index (χ1n) is 7.07. The summed E-state index contributed by atoms with van der Waals surface area (Å²) in [7, 11) is 0. The van der Waals surface area contributed by atoms with Gasteiger partial charge in [-0.2, -0.15) is 0 Å². The molecule has 0 bridgehead atoms. The minimum absolute atomic E-state index is 0.181. The fourth-order valence-electron chi connectivity index (χ4n) is 1.65. The predicted molar refractivity (Wildman–Crippen MR) is 80.5 cm³/mol. The first-order valence-corrected chi connectivity index (χ1v) is 7.07. The van der Waals surface area contributed by atoms with Crippen molar-refractivity contribution in [1.29, 1.82) is 0 Å². The number of nitrogens with one attached hydrogen (secondary N) is 2. The van der Waals surface area contributed by atoms with E-state index in [1.165, 1.54) is 0 Å². The Morgan fingerprint density at radius 1 is 1.19 bits per heavy atom. The van der Waals surface area contributed by atoms with E-state index in [2.05, 4.69) is 10.6 Å². The average Bonchev–Trinajstić information content (AvgIpc) is 2.47. The molecule has 0 saturated carbocycles. The van der Waals surface area contributed by atoms with Gasteiger partial charge in [-0.3, -0.25) is 10.1 Å². The Balaban J connectivity index is 2.47. The molecule has 0 aliphatic rings. The third-order valence-electron chi connectivity index (χ3n) is 2.60. The van der Waals surface area contributed by atoms with Crippen molar-refractivity contribution in [3.05, 3.63) is 29.8 Å². The molecule has 0 aliphatic carbocycles. The van der Waals surface area contributed by atoms with Gasteiger partial charge >= 0.3 is 6.09 Å². The molecule has 0 unspecified atom stereocenters. The van der Waals surface area contributed by atoms with Gasteiger partial charge in [-0.25, -0.2) is 4.79 Å². The van der Waals surface area contributed by atoms with E-state index in [1.807, 2.05) is 6.92 Å². The summed E-state index contributed by atoms with van der Waals surface area (Å²) in [6.45, 7) is 5.81. The second kappa shape index (κ2) is 9.77. The summed E-state index contributed by atoms with van der Waals surface area (Å²) in [5, 5.41) is 5.36. The van der Waals surface area contributed by atoms with Gasteiger partial charge in [-0.15, -0.1) is 0 Å². The van der Waals surface area contributed by atoms with Gasteiger partial charge in [0.15, 0.2) is 0 Å². The van der Waals surface area contributed by atoms with Gasteiger partial charge in [-0.05, 0) is 38.5 Å². The first kappa shape index (κ1) is 17.0. The van der Waals surface area contributed by atoms with Gasteiger partial charge in [0.05, 0.1) is 6.61 Å². The Morgan fingerprint density at radius 3 is 2.71 bits per heavy atom. The standard InChI is InChI=1S/C15H22N2O4/c1-3-20-10-6-9-16-14(18)12-7-5-8-13(11-12)17-15(19)21-4-2/h5,7-8,11H,3-4,6,9-10H2,1-2H3,(H,16,18)(H,17,19). The van der Waals surface area contributed by atoms with Crippen molar-refractivity contribution in [2.75, 3.05) is 31.7 Å². The van der Waals surface area contributed by atoms with Crippen molar-refractivity contribution in [2.24, 2.45) is 0 Å². The Kier molecular flexibility index (Phi) is 7.89. The molecule has 1 rings (SSSR count). The number of anilines is 1. The highest BCUT2D eigenvalue weighted by Gasteiger charge is 2.07. The maximum atomic E-state index is 11.9. The zero-order valence-corrected chi connectivity index (χ0v) is 12.5. The lowest BCUT2D eigenvalue weighted by molar-refractivity contribution is 0.0944. The molecule has 1 aromatic rings. The Labute approximate surface area is 124 Å². The summed E-state index contributed by atoms with van der Waals surface area (Å²) in [6.07, 6.45) is 0.229. The van der Waals surface area contributed by atoms with Gasteiger partial charge in [0.1, 0.15) is 0 Å². The fraction of sp³-hybridized carbons (Fsp3) is 0.467. The van der Waals surface area contributed by atoms with Crippen LogP contribution in [0.1, 0.15) is 30.6 Å². The lowest BCUT2D eigenvalue weighted by Crippen LogP contribution is -2.25. The second-order valence-corrected chi connectivity index (χ2v) is 4.23. The minimum Gasteiger partial charge on any atom is -0.450 e. The van der Waals surface area contributed by atoms with E-state index < -0.39 is 6.09 Å². The van der Waals surface area contributed by atoms with Crippen LogP contribution in [0.5, 0.6) is 0 Å². The summed E-state index contributed by atoms with van der Waals surface area (Å²) in [5.74, 6) is -0.181. The van der Waals surface area contributed by atoms with Crippen LogP contribution in [-0.2, 0) is 9.47 Å². The molecule has 2 N–H and O–H groups in total. The van der Waals surface area contributed by atoms with E-state index in [-0.39, 0.29) is 5.91 Å². The van der Waals surface area contributed by atoms with Gasteiger partial charge in [0.25, 0.3) is 5.91 Å². The van der Waals surface area contributed by atoms with Gasteiger partial charge in [0, 0.05) is 31.0 Å². The minimum atomic E-state index is -0.535. The summed E-state index contributed by atoms with van der Waals surface area (Å²) in [4.78, 5) is 23.3. The molecule has 6 heteroatoms. The summed E-state index contributed by atoms with van der Waals surface area (Å²) >= 11 is 0. The third-order valence-corrected chi connectivity index (χ3v) is 2.60. The van der Waals surface area contributed by atoms with Crippen molar-refractivity contribution >= 4 is 17.7 Å². The average molecular weight is 294 g/mol. The second-order valence-electron chi connectivity index (χ2n) is 4.23. The maximum Gasteiger partial charge on any atom is 0.411 e. The topological polar surface area (TPSA) is 76.7 Å². The SMILES string of the molecule is CCOCCCNC(=O)c1cccc(NC(=O)OCC)c1. The monoisotopic (exact) mass is 294 g/mol. The molecular formula is C15H22N2O4. The molecule has 2 amide bonds. The first-order chi connectivity index (χ1) is 10.2. The van der Waals surface area contributed by atoms with Gasteiger partial charge in [-0.1, -0.05) is 6.07 Å². The van der Waals surface area contributed by atoms with Crippen LogP contribution in [0.4, 0.5) is 10.5 Å². The van der Waals surface area contributed by atoms with Crippen LogP contribution in [-0.4, -0.2) is 38.4 Å². The summed E-state index contributed by atoms with van der Waals surface area (Å²) < 4.78 is 9.98. The number of benzene rings is 1. The van der Waals surface area contributed by atoms with E-state index in [0.717, 1.165) is 6.42 Å². The number of carbonyl (C=O) groups excluding carboxylic acids is 2. The zero-order chi connectivity index (χ0) is 15.5. The van der Waals surface area contributed by atoms with Crippen molar-refractivity contribution in [1.82, 2.24) is 5.32 Å². The van der Waals surface area contributed by atoms with E-state index in [0.29, 0.717) is 37.6 Å². The van der Waals surface area contributed by atoms with Crippen LogP contribution < -0.4 is 10.6 Å². The van der Waals surface area contributed by atoms with E-state index in [9.17, 15) is 9.59 Å². The highest BCUT2D eigenvalue weighted by molar-refractivity contribution is 5.96. The molecule has 0 atom stereocenters. The molecule has 0 fully saturated rings. The summed E-state index contributed by atoms with van der Waals surface area (Å²) in [6, 6.07) is 6.70. The van der Waals surface area contributed by atoms with Crippen molar-refractivity contribution < 1.29 is 19.1 Å².